The Morgan fingerprint density at radius 1 is 1.33 bits per heavy atom. The highest BCUT2D eigenvalue weighted by Gasteiger charge is 2.24. The molecule has 1 heterocycles. The minimum Gasteiger partial charge on any atom is -0.493 e. The fourth-order valence-electron chi connectivity index (χ4n) is 2.78. The standard InChI is InChI=1S/C17H24N2O2/c1-13-10-16(11-14(2)21-13)19-15-6-5-7-17(12-15)20-9-4-3-8-18/h5-7,12-14,16,19H,3-4,9-11H2,1-2H3. The maximum atomic E-state index is 8.51. The summed E-state index contributed by atoms with van der Waals surface area (Å²) in [6, 6.07) is 10.6. The lowest BCUT2D eigenvalue weighted by Gasteiger charge is -2.33. The van der Waals surface area contributed by atoms with Crippen LogP contribution in [-0.4, -0.2) is 24.9 Å². The molecule has 1 aromatic rings. The van der Waals surface area contributed by atoms with E-state index in [1.165, 1.54) is 0 Å². The molecular weight excluding hydrogens is 264 g/mol. The number of nitriles is 1. The Kier molecular flexibility index (Phi) is 5.89. The minimum atomic E-state index is 0.302. The number of hydrogen-bond acceptors (Lipinski definition) is 4. The summed E-state index contributed by atoms with van der Waals surface area (Å²) < 4.78 is 11.4. The molecule has 21 heavy (non-hydrogen) atoms. The first-order valence-corrected chi connectivity index (χ1v) is 7.69. The average Bonchev–Trinajstić information content (AvgIpc) is 2.43. The molecule has 1 fully saturated rings. The van der Waals surface area contributed by atoms with E-state index in [2.05, 4.69) is 31.3 Å². The maximum absolute atomic E-state index is 8.51. The van der Waals surface area contributed by atoms with Crippen LogP contribution in [0.15, 0.2) is 24.3 Å². The number of nitrogens with one attached hydrogen (secondary N) is 1. The van der Waals surface area contributed by atoms with Crippen LogP contribution in [0.4, 0.5) is 5.69 Å². The Labute approximate surface area is 127 Å². The molecule has 1 saturated heterocycles. The number of anilines is 1. The predicted molar refractivity (Wildman–Crippen MR) is 83.4 cm³/mol. The molecule has 2 atom stereocenters. The summed E-state index contributed by atoms with van der Waals surface area (Å²) in [6.07, 6.45) is 3.96. The Morgan fingerprint density at radius 2 is 2.10 bits per heavy atom. The molecule has 2 rings (SSSR count). The first-order chi connectivity index (χ1) is 10.2. The molecule has 1 aliphatic heterocycles. The molecule has 0 aromatic heterocycles. The Morgan fingerprint density at radius 3 is 2.81 bits per heavy atom. The van der Waals surface area contributed by atoms with E-state index < -0.39 is 0 Å². The monoisotopic (exact) mass is 288 g/mol. The largest absolute Gasteiger partial charge is 0.493 e. The molecule has 0 aliphatic carbocycles. The van der Waals surface area contributed by atoms with Gasteiger partial charge in [0.05, 0.1) is 24.9 Å². The third kappa shape index (κ3) is 5.28. The molecule has 0 amide bonds. The lowest BCUT2D eigenvalue weighted by Crippen LogP contribution is -2.36. The van der Waals surface area contributed by atoms with Gasteiger partial charge in [-0.05, 0) is 45.2 Å². The number of benzene rings is 1. The summed E-state index contributed by atoms with van der Waals surface area (Å²) in [7, 11) is 0. The van der Waals surface area contributed by atoms with Crippen LogP contribution >= 0.6 is 0 Å². The zero-order valence-electron chi connectivity index (χ0n) is 12.8. The fourth-order valence-corrected chi connectivity index (χ4v) is 2.78. The van der Waals surface area contributed by atoms with Crippen LogP contribution in [-0.2, 0) is 4.74 Å². The van der Waals surface area contributed by atoms with Gasteiger partial charge in [-0.15, -0.1) is 0 Å². The number of rotatable bonds is 6. The van der Waals surface area contributed by atoms with Gasteiger partial charge in [0, 0.05) is 24.2 Å². The van der Waals surface area contributed by atoms with E-state index in [1.807, 2.05) is 18.2 Å². The van der Waals surface area contributed by atoms with Crippen LogP contribution < -0.4 is 10.1 Å². The van der Waals surface area contributed by atoms with Crippen molar-refractivity contribution in [3.05, 3.63) is 24.3 Å². The number of ether oxygens (including phenoxy) is 2. The molecule has 0 saturated carbocycles. The highest BCUT2D eigenvalue weighted by molar-refractivity contribution is 5.49. The van der Waals surface area contributed by atoms with E-state index in [9.17, 15) is 0 Å². The summed E-state index contributed by atoms with van der Waals surface area (Å²) in [5.41, 5.74) is 1.08. The minimum absolute atomic E-state index is 0.302. The highest BCUT2D eigenvalue weighted by Crippen LogP contribution is 2.24. The van der Waals surface area contributed by atoms with Crippen LogP contribution in [0.1, 0.15) is 39.5 Å². The molecule has 1 aliphatic rings. The molecule has 0 radical (unpaired) electrons. The first-order valence-electron chi connectivity index (χ1n) is 7.69. The van der Waals surface area contributed by atoms with Gasteiger partial charge in [-0.2, -0.15) is 5.26 Å². The Bertz CT molecular complexity index is 474. The van der Waals surface area contributed by atoms with Crippen LogP contribution in [0.5, 0.6) is 5.75 Å². The SMILES string of the molecule is CC1CC(Nc2cccc(OCCCC#N)c2)CC(C)O1. The van der Waals surface area contributed by atoms with Crippen molar-refractivity contribution in [2.24, 2.45) is 0 Å². The van der Waals surface area contributed by atoms with Crippen molar-refractivity contribution in [2.75, 3.05) is 11.9 Å². The van der Waals surface area contributed by atoms with Crippen molar-refractivity contribution in [2.45, 2.75) is 57.8 Å². The predicted octanol–water partition coefficient (Wildman–Crippen LogP) is 3.74. The lowest BCUT2D eigenvalue weighted by atomic mass is 9.99. The first kappa shape index (κ1) is 15.7. The molecule has 4 heteroatoms. The fraction of sp³-hybridized carbons (Fsp3) is 0.588. The van der Waals surface area contributed by atoms with Crippen LogP contribution in [0.2, 0.25) is 0 Å². The molecular formula is C17H24N2O2. The number of hydrogen-bond donors (Lipinski definition) is 1. The van der Waals surface area contributed by atoms with Crippen molar-refractivity contribution in [1.29, 1.82) is 5.26 Å². The van der Waals surface area contributed by atoms with Gasteiger partial charge in [0.15, 0.2) is 0 Å². The third-order valence-electron chi connectivity index (χ3n) is 3.60. The van der Waals surface area contributed by atoms with E-state index >= 15 is 0 Å². The van der Waals surface area contributed by atoms with E-state index in [0.717, 1.165) is 30.7 Å². The molecule has 4 nitrogen and oxygen atoms in total. The van der Waals surface area contributed by atoms with E-state index in [4.69, 9.17) is 14.7 Å². The summed E-state index contributed by atoms with van der Waals surface area (Å²) >= 11 is 0. The molecule has 2 unspecified atom stereocenters. The van der Waals surface area contributed by atoms with Crippen molar-refractivity contribution in [1.82, 2.24) is 0 Å². The lowest BCUT2D eigenvalue weighted by molar-refractivity contribution is -0.0337. The molecule has 0 bridgehead atoms. The normalized spacial score (nSPS) is 25.1. The second kappa shape index (κ2) is 7.90. The summed E-state index contributed by atoms with van der Waals surface area (Å²) in [6.45, 7) is 4.83. The van der Waals surface area contributed by atoms with Gasteiger partial charge in [-0.25, -0.2) is 0 Å². The summed E-state index contributed by atoms with van der Waals surface area (Å²) in [4.78, 5) is 0. The smallest absolute Gasteiger partial charge is 0.121 e. The number of unbranched alkanes of at least 4 members (excludes halogenated alkanes) is 1. The van der Waals surface area contributed by atoms with Crippen molar-refractivity contribution in [3.8, 4) is 11.8 Å². The van der Waals surface area contributed by atoms with Gasteiger partial charge in [0.1, 0.15) is 5.75 Å². The van der Waals surface area contributed by atoms with Crippen LogP contribution in [0, 0.1) is 11.3 Å². The average molecular weight is 288 g/mol. The van der Waals surface area contributed by atoms with Gasteiger partial charge >= 0.3 is 0 Å². The van der Waals surface area contributed by atoms with E-state index in [-0.39, 0.29) is 0 Å². The van der Waals surface area contributed by atoms with Gasteiger partial charge in [0.2, 0.25) is 0 Å². The van der Waals surface area contributed by atoms with Gasteiger partial charge in [0.25, 0.3) is 0 Å². The van der Waals surface area contributed by atoms with Gasteiger partial charge in [-0.1, -0.05) is 6.07 Å². The molecule has 114 valence electrons. The third-order valence-corrected chi connectivity index (χ3v) is 3.60. The van der Waals surface area contributed by atoms with Crippen LogP contribution in [0.25, 0.3) is 0 Å². The van der Waals surface area contributed by atoms with Crippen molar-refractivity contribution < 1.29 is 9.47 Å². The topological polar surface area (TPSA) is 54.3 Å². The summed E-state index contributed by atoms with van der Waals surface area (Å²) in [5, 5.41) is 12.1. The van der Waals surface area contributed by atoms with E-state index in [1.54, 1.807) is 0 Å². The van der Waals surface area contributed by atoms with Crippen molar-refractivity contribution >= 4 is 5.69 Å². The van der Waals surface area contributed by atoms with Gasteiger partial charge in [-0.3, -0.25) is 0 Å². The number of nitrogens with zero attached hydrogens (tertiary/aromatic N) is 1. The quantitative estimate of drug-likeness (QED) is 0.810. The summed E-state index contributed by atoms with van der Waals surface area (Å²) in [5.74, 6) is 0.853. The van der Waals surface area contributed by atoms with Crippen molar-refractivity contribution in [3.63, 3.8) is 0 Å². The van der Waals surface area contributed by atoms with Crippen LogP contribution in [0.3, 0.4) is 0 Å². The zero-order valence-corrected chi connectivity index (χ0v) is 12.8. The maximum Gasteiger partial charge on any atom is 0.121 e. The molecule has 0 spiro atoms. The molecule has 1 aromatic carbocycles. The zero-order chi connectivity index (χ0) is 15.1. The Balaban J connectivity index is 1.87. The second-order valence-corrected chi connectivity index (χ2v) is 5.71. The highest BCUT2D eigenvalue weighted by atomic mass is 16.5. The Hall–Kier alpha value is -1.73. The van der Waals surface area contributed by atoms with Gasteiger partial charge < -0.3 is 14.8 Å². The molecule has 1 N–H and O–H groups in total. The second-order valence-electron chi connectivity index (χ2n) is 5.71. The van der Waals surface area contributed by atoms with E-state index in [0.29, 0.717) is 31.3 Å².